The maximum Gasteiger partial charge on any atom is 0.337 e. The Bertz CT molecular complexity index is 1220. The average Bonchev–Trinajstić information content (AvgIpc) is 3.33. The second kappa shape index (κ2) is 8.20. The number of benzene rings is 2. The fourth-order valence-electron chi connectivity index (χ4n) is 2.72. The Morgan fingerprint density at radius 1 is 1.23 bits per heavy atom. The summed E-state index contributed by atoms with van der Waals surface area (Å²) >= 11 is 7.30. The molecule has 0 bridgehead atoms. The van der Waals surface area contributed by atoms with Gasteiger partial charge in [-0.2, -0.15) is 0 Å². The van der Waals surface area contributed by atoms with E-state index in [0.717, 1.165) is 10.2 Å². The first kappa shape index (κ1) is 20.0. The third-order valence-electron chi connectivity index (χ3n) is 4.08. The molecule has 2 heterocycles. The number of hydrogen-bond acceptors (Lipinski definition) is 7. The van der Waals surface area contributed by atoms with Crippen molar-refractivity contribution in [1.82, 2.24) is 30.6 Å². The molecule has 3 N–H and O–H groups in total. The van der Waals surface area contributed by atoms with Crippen LogP contribution < -0.4 is 16.2 Å². The molecule has 12 heteroatoms. The summed E-state index contributed by atoms with van der Waals surface area (Å²) in [5.41, 5.74) is 6.46. The van der Waals surface area contributed by atoms with Crippen LogP contribution >= 0.6 is 22.9 Å². The number of nitrogens with one attached hydrogen (secondary N) is 3. The molecule has 0 radical (unpaired) electrons. The highest BCUT2D eigenvalue weighted by Gasteiger charge is 2.16. The highest BCUT2D eigenvalue weighted by atomic mass is 35.5. The van der Waals surface area contributed by atoms with Crippen molar-refractivity contribution < 1.29 is 9.18 Å². The van der Waals surface area contributed by atoms with Crippen LogP contribution in [0.3, 0.4) is 0 Å². The zero-order valence-corrected chi connectivity index (χ0v) is 17.4. The Labute approximate surface area is 179 Å². The predicted octanol–water partition coefficient (Wildman–Crippen LogP) is 4.47. The molecular formula is C18H16ClFN8OS. The molecular weight excluding hydrogens is 431 g/mol. The third-order valence-corrected chi connectivity index (χ3v) is 5.25. The standard InChI is InChI=1S/C18H16ClFN8OS/c1-9(2)28-16(23-26-27-28)12-5-4-11(8-13(12)20)21-17(29)24-25-18-22-14-6-3-10(19)7-15(14)30-18/h3-9H,1-2H3,(H,22,25)(H2,21,24,29). The van der Waals surface area contributed by atoms with Crippen LogP contribution in [0.5, 0.6) is 0 Å². The van der Waals surface area contributed by atoms with Crippen LogP contribution in [0.15, 0.2) is 36.4 Å². The van der Waals surface area contributed by atoms with E-state index in [9.17, 15) is 9.18 Å². The first-order chi connectivity index (χ1) is 14.4. The van der Waals surface area contributed by atoms with Gasteiger partial charge in [0.1, 0.15) is 5.82 Å². The van der Waals surface area contributed by atoms with Crippen molar-refractivity contribution in [2.24, 2.45) is 0 Å². The van der Waals surface area contributed by atoms with E-state index < -0.39 is 11.8 Å². The van der Waals surface area contributed by atoms with E-state index in [2.05, 4.69) is 36.7 Å². The molecule has 0 aliphatic carbocycles. The number of amides is 2. The fraction of sp³-hybridized carbons (Fsp3) is 0.167. The molecule has 4 rings (SSSR count). The number of carbonyl (C=O) groups is 1. The van der Waals surface area contributed by atoms with Crippen LogP contribution in [0, 0.1) is 5.82 Å². The molecule has 0 unspecified atom stereocenters. The molecule has 30 heavy (non-hydrogen) atoms. The van der Waals surface area contributed by atoms with Gasteiger partial charge in [-0.15, -0.1) is 5.10 Å². The van der Waals surface area contributed by atoms with Gasteiger partial charge in [0, 0.05) is 10.7 Å². The summed E-state index contributed by atoms with van der Waals surface area (Å²) in [6, 6.07) is 9.00. The average molecular weight is 447 g/mol. The minimum Gasteiger partial charge on any atom is -0.306 e. The molecule has 2 amide bonds. The Balaban J connectivity index is 1.41. The molecule has 0 saturated heterocycles. The highest BCUT2D eigenvalue weighted by Crippen LogP contribution is 2.28. The summed E-state index contributed by atoms with van der Waals surface area (Å²) < 4.78 is 17.0. The number of anilines is 2. The van der Waals surface area contributed by atoms with Crippen LogP contribution in [-0.4, -0.2) is 31.2 Å². The second-order valence-corrected chi connectivity index (χ2v) is 8.04. The Hall–Kier alpha value is -3.31. The minimum atomic E-state index is -0.577. The topological polar surface area (TPSA) is 110 Å². The van der Waals surface area contributed by atoms with E-state index >= 15 is 0 Å². The Morgan fingerprint density at radius 3 is 2.83 bits per heavy atom. The largest absolute Gasteiger partial charge is 0.337 e. The second-order valence-electron chi connectivity index (χ2n) is 6.57. The van der Waals surface area contributed by atoms with E-state index in [-0.39, 0.29) is 17.3 Å². The Morgan fingerprint density at radius 2 is 2.07 bits per heavy atom. The molecule has 0 spiro atoms. The number of rotatable bonds is 5. The van der Waals surface area contributed by atoms with Gasteiger partial charge >= 0.3 is 6.03 Å². The van der Waals surface area contributed by atoms with Gasteiger partial charge in [-0.3, -0.25) is 5.43 Å². The molecule has 2 aromatic heterocycles. The molecule has 9 nitrogen and oxygen atoms in total. The van der Waals surface area contributed by atoms with Crippen molar-refractivity contribution >= 4 is 50.0 Å². The molecule has 0 aliphatic heterocycles. The number of halogens is 2. The van der Waals surface area contributed by atoms with E-state index in [4.69, 9.17) is 11.6 Å². The molecule has 4 aromatic rings. The number of urea groups is 1. The van der Waals surface area contributed by atoms with Gasteiger partial charge in [-0.25, -0.2) is 24.3 Å². The summed E-state index contributed by atoms with van der Waals surface area (Å²) in [7, 11) is 0. The molecule has 0 fully saturated rings. The number of tetrazole rings is 1. The molecule has 0 aliphatic rings. The van der Waals surface area contributed by atoms with Crippen LogP contribution in [0.2, 0.25) is 5.02 Å². The SMILES string of the molecule is CC(C)n1nnnc1-c1ccc(NC(=O)NNc2nc3ccc(Cl)cc3s2)cc1F. The summed E-state index contributed by atoms with van der Waals surface area (Å²) in [4.78, 5) is 16.5. The number of fused-ring (bicyclic) bond motifs is 1. The van der Waals surface area contributed by atoms with Crippen molar-refractivity contribution in [1.29, 1.82) is 0 Å². The van der Waals surface area contributed by atoms with E-state index in [1.807, 2.05) is 13.8 Å². The molecule has 0 saturated carbocycles. The monoisotopic (exact) mass is 446 g/mol. The van der Waals surface area contributed by atoms with Gasteiger partial charge in [-0.05, 0) is 60.7 Å². The number of hydrogen-bond donors (Lipinski definition) is 3. The van der Waals surface area contributed by atoms with Gasteiger partial charge < -0.3 is 5.32 Å². The molecule has 2 aromatic carbocycles. The number of hydrazine groups is 1. The first-order valence-electron chi connectivity index (χ1n) is 8.87. The van der Waals surface area contributed by atoms with Gasteiger partial charge in [0.25, 0.3) is 0 Å². The van der Waals surface area contributed by atoms with E-state index in [1.165, 1.54) is 28.2 Å². The van der Waals surface area contributed by atoms with Crippen molar-refractivity contribution in [2.45, 2.75) is 19.9 Å². The van der Waals surface area contributed by atoms with Crippen molar-refractivity contribution in [3.05, 3.63) is 47.2 Å². The number of thiazole rings is 1. The van der Waals surface area contributed by atoms with Crippen LogP contribution in [-0.2, 0) is 0 Å². The lowest BCUT2D eigenvalue weighted by Crippen LogP contribution is -2.33. The van der Waals surface area contributed by atoms with Crippen LogP contribution in [0.4, 0.5) is 20.0 Å². The highest BCUT2D eigenvalue weighted by molar-refractivity contribution is 7.22. The van der Waals surface area contributed by atoms with E-state index in [0.29, 0.717) is 16.0 Å². The lowest BCUT2D eigenvalue weighted by atomic mass is 10.1. The Kier molecular flexibility index (Phi) is 5.46. The van der Waals surface area contributed by atoms with Crippen molar-refractivity contribution in [2.75, 3.05) is 10.7 Å². The lowest BCUT2D eigenvalue weighted by molar-refractivity contribution is 0.254. The third kappa shape index (κ3) is 4.16. The summed E-state index contributed by atoms with van der Waals surface area (Å²) in [6.07, 6.45) is 0. The van der Waals surface area contributed by atoms with Crippen LogP contribution in [0.1, 0.15) is 19.9 Å². The zero-order chi connectivity index (χ0) is 21.3. The minimum absolute atomic E-state index is 0.0254. The fourth-order valence-corrected chi connectivity index (χ4v) is 3.81. The maximum atomic E-state index is 14.6. The van der Waals surface area contributed by atoms with Gasteiger partial charge in [0.05, 0.1) is 21.8 Å². The lowest BCUT2D eigenvalue weighted by Gasteiger charge is -2.11. The van der Waals surface area contributed by atoms with Crippen LogP contribution in [0.25, 0.3) is 21.6 Å². The molecule has 0 atom stereocenters. The van der Waals surface area contributed by atoms with E-state index in [1.54, 1.807) is 24.3 Å². The van der Waals surface area contributed by atoms with Gasteiger partial charge in [-0.1, -0.05) is 22.9 Å². The number of carbonyl (C=O) groups excluding carboxylic acids is 1. The van der Waals surface area contributed by atoms with Crippen molar-refractivity contribution in [3.63, 3.8) is 0 Å². The summed E-state index contributed by atoms with van der Waals surface area (Å²) in [6.45, 7) is 3.79. The smallest absolute Gasteiger partial charge is 0.306 e. The normalized spacial score (nSPS) is 11.1. The summed E-state index contributed by atoms with van der Waals surface area (Å²) in [5, 5.41) is 15.0. The zero-order valence-electron chi connectivity index (χ0n) is 15.8. The molecule has 154 valence electrons. The summed E-state index contributed by atoms with van der Waals surface area (Å²) in [5.74, 6) is -0.239. The quantitative estimate of drug-likeness (QED) is 0.390. The first-order valence-corrected chi connectivity index (χ1v) is 10.1. The number of aromatic nitrogens is 5. The van der Waals surface area contributed by atoms with Gasteiger partial charge in [0.15, 0.2) is 5.82 Å². The maximum absolute atomic E-state index is 14.6. The number of nitrogens with zero attached hydrogens (tertiary/aromatic N) is 5. The predicted molar refractivity (Wildman–Crippen MR) is 114 cm³/mol. The van der Waals surface area contributed by atoms with Crippen molar-refractivity contribution in [3.8, 4) is 11.4 Å². The van der Waals surface area contributed by atoms with Gasteiger partial charge in [0.2, 0.25) is 5.13 Å².